The minimum atomic E-state index is -0.541. The van der Waals surface area contributed by atoms with Crippen molar-refractivity contribution < 1.29 is 19.1 Å². The number of aromatic nitrogens is 1. The summed E-state index contributed by atoms with van der Waals surface area (Å²) in [5.74, 6) is -0.973. The highest BCUT2D eigenvalue weighted by atomic mass is 32.1. The third kappa shape index (κ3) is 3.78. The van der Waals surface area contributed by atoms with Crippen molar-refractivity contribution in [1.82, 2.24) is 4.57 Å². The number of carbonyl (C=O) groups is 3. The first-order valence-corrected chi connectivity index (χ1v) is 9.39. The van der Waals surface area contributed by atoms with E-state index < -0.39 is 5.97 Å². The zero-order chi connectivity index (χ0) is 19.6. The Balaban J connectivity index is 1.87. The van der Waals surface area contributed by atoms with Gasteiger partial charge in [0.05, 0.1) is 17.0 Å². The van der Waals surface area contributed by atoms with Crippen LogP contribution in [0.1, 0.15) is 39.4 Å². The largest absolute Gasteiger partial charge is 0.462 e. The molecule has 140 valence electrons. The van der Waals surface area contributed by atoms with Gasteiger partial charge in [-0.3, -0.25) is 9.59 Å². The molecule has 0 spiro atoms. The van der Waals surface area contributed by atoms with Crippen LogP contribution in [0, 0.1) is 6.92 Å². The molecule has 6 nitrogen and oxygen atoms in total. The molecule has 0 fully saturated rings. The van der Waals surface area contributed by atoms with Crippen LogP contribution in [0.5, 0.6) is 0 Å². The van der Waals surface area contributed by atoms with Crippen LogP contribution in [-0.2, 0) is 16.1 Å². The number of thiophene rings is 1. The monoisotopic (exact) mass is 384 g/mol. The van der Waals surface area contributed by atoms with Crippen molar-refractivity contribution in [3.8, 4) is 0 Å². The molecule has 0 aliphatic carbocycles. The molecule has 1 aromatic carbocycles. The van der Waals surface area contributed by atoms with Crippen molar-refractivity contribution in [3.05, 3.63) is 52.5 Å². The molecule has 7 heteroatoms. The molecule has 27 heavy (non-hydrogen) atoms. The van der Waals surface area contributed by atoms with Gasteiger partial charge in [0.2, 0.25) is 5.91 Å². The number of nitrogens with one attached hydrogen (secondary N) is 1. The van der Waals surface area contributed by atoms with Crippen LogP contribution in [0.25, 0.3) is 10.9 Å². The van der Waals surface area contributed by atoms with E-state index in [-0.39, 0.29) is 30.4 Å². The molecular weight excluding hydrogens is 364 g/mol. The molecule has 0 bridgehead atoms. The average Bonchev–Trinajstić information content (AvgIpc) is 3.16. The highest BCUT2D eigenvalue weighted by molar-refractivity contribution is 7.18. The molecule has 0 atom stereocenters. The zero-order valence-corrected chi connectivity index (χ0v) is 16.2. The van der Waals surface area contributed by atoms with E-state index in [9.17, 15) is 14.4 Å². The lowest BCUT2D eigenvalue weighted by Crippen LogP contribution is -2.19. The Morgan fingerprint density at radius 3 is 2.63 bits per heavy atom. The normalized spacial score (nSPS) is 10.8. The van der Waals surface area contributed by atoms with Gasteiger partial charge in [-0.1, -0.05) is 18.2 Å². The molecule has 3 rings (SSSR count). The summed E-state index contributed by atoms with van der Waals surface area (Å²) in [6.45, 7) is 5.15. The zero-order valence-electron chi connectivity index (χ0n) is 15.4. The number of ether oxygens (including phenoxy) is 1. The van der Waals surface area contributed by atoms with Gasteiger partial charge in [0.15, 0.2) is 5.78 Å². The Hall–Kier alpha value is -2.93. The van der Waals surface area contributed by atoms with Crippen molar-refractivity contribution in [3.63, 3.8) is 0 Å². The number of amides is 1. The van der Waals surface area contributed by atoms with E-state index in [1.165, 1.54) is 6.92 Å². The second-order valence-electron chi connectivity index (χ2n) is 6.09. The van der Waals surface area contributed by atoms with Crippen LogP contribution in [0.15, 0.2) is 36.5 Å². The number of esters is 1. The summed E-state index contributed by atoms with van der Waals surface area (Å²) in [6, 6.07) is 9.71. The Morgan fingerprint density at radius 2 is 1.93 bits per heavy atom. The molecule has 0 saturated heterocycles. The quantitative estimate of drug-likeness (QED) is 0.514. The number of Topliss-reactive ketones (excluding diaryl/α,β-unsaturated/α-hetero) is 1. The predicted octanol–water partition coefficient (Wildman–Crippen LogP) is 4.03. The van der Waals surface area contributed by atoms with Gasteiger partial charge in [0.25, 0.3) is 0 Å². The Bertz CT molecular complexity index is 1030. The maximum atomic E-state index is 12.6. The molecule has 3 aromatic rings. The summed E-state index contributed by atoms with van der Waals surface area (Å²) < 4.78 is 6.92. The van der Waals surface area contributed by atoms with E-state index in [2.05, 4.69) is 5.32 Å². The third-order valence-electron chi connectivity index (χ3n) is 4.19. The number of carbonyl (C=O) groups excluding carboxylic acids is 3. The number of nitrogens with zero attached hydrogens (tertiary/aromatic N) is 1. The molecule has 0 aliphatic rings. The Kier molecular flexibility index (Phi) is 5.41. The van der Waals surface area contributed by atoms with Gasteiger partial charge < -0.3 is 14.6 Å². The first-order valence-electron chi connectivity index (χ1n) is 8.57. The van der Waals surface area contributed by atoms with Crippen LogP contribution < -0.4 is 5.32 Å². The van der Waals surface area contributed by atoms with Gasteiger partial charge in [0, 0.05) is 11.7 Å². The minimum absolute atomic E-state index is 0.0993. The number of benzene rings is 1. The molecule has 0 radical (unpaired) electrons. The van der Waals surface area contributed by atoms with Gasteiger partial charge in [-0.25, -0.2) is 4.79 Å². The lowest BCUT2D eigenvalue weighted by Gasteiger charge is -2.08. The second kappa shape index (κ2) is 7.75. The van der Waals surface area contributed by atoms with E-state index in [1.54, 1.807) is 13.8 Å². The molecule has 1 amide bonds. The molecular formula is C20H20N2O4S. The van der Waals surface area contributed by atoms with Crippen molar-refractivity contribution >= 4 is 44.9 Å². The molecule has 0 unspecified atom stereocenters. The number of hydrogen-bond acceptors (Lipinski definition) is 5. The standard InChI is InChI=1S/C20H20N2O4S/c1-4-26-20(25)17-12(2)18(13(3)23)27-19(17)21-16(24)11-22-10-9-14-7-5-6-8-15(14)22/h5-10H,4,11H2,1-3H3,(H,21,24). The molecule has 2 aromatic heterocycles. The lowest BCUT2D eigenvalue weighted by atomic mass is 10.1. The van der Waals surface area contributed by atoms with Gasteiger partial charge in [-0.05, 0) is 43.9 Å². The SMILES string of the molecule is CCOC(=O)c1c(NC(=O)Cn2ccc3ccccc32)sc(C(C)=O)c1C. The summed E-state index contributed by atoms with van der Waals surface area (Å²) in [4.78, 5) is 37.2. The number of rotatable bonds is 6. The van der Waals surface area contributed by atoms with Crippen LogP contribution >= 0.6 is 11.3 Å². The summed E-state index contributed by atoms with van der Waals surface area (Å²) in [6.07, 6.45) is 1.84. The maximum absolute atomic E-state index is 12.6. The summed E-state index contributed by atoms with van der Waals surface area (Å²) in [5.41, 5.74) is 1.73. The Morgan fingerprint density at radius 1 is 1.19 bits per heavy atom. The summed E-state index contributed by atoms with van der Waals surface area (Å²) in [5, 5.41) is 4.16. The lowest BCUT2D eigenvalue weighted by molar-refractivity contribution is -0.116. The average molecular weight is 384 g/mol. The van der Waals surface area contributed by atoms with E-state index in [1.807, 2.05) is 41.1 Å². The van der Waals surface area contributed by atoms with Crippen LogP contribution in [0.3, 0.4) is 0 Å². The third-order valence-corrected chi connectivity index (χ3v) is 5.50. The number of fused-ring (bicyclic) bond motifs is 1. The summed E-state index contributed by atoms with van der Waals surface area (Å²) in [7, 11) is 0. The fourth-order valence-electron chi connectivity index (χ4n) is 2.99. The van der Waals surface area contributed by atoms with E-state index in [4.69, 9.17) is 4.74 Å². The number of hydrogen-bond donors (Lipinski definition) is 1. The van der Waals surface area contributed by atoms with E-state index in [0.29, 0.717) is 15.4 Å². The first kappa shape index (κ1) is 18.8. The van der Waals surface area contributed by atoms with E-state index in [0.717, 1.165) is 22.2 Å². The van der Waals surface area contributed by atoms with Crippen LogP contribution in [-0.4, -0.2) is 28.8 Å². The number of anilines is 1. The molecule has 2 heterocycles. The van der Waals surface area contributed by atoms with Gasteiger partial charge in [0.1, 0.15) is 11.5 Å². The van der Waals surface area contributed by atoms with Crippen LogP contribution in [0.4, 0.5) is 5.00 Å². The van der Waals surface area contributed by atoms with Gasteiger partial charge >= 0.3 is 5.97 Å². The second-order valence-corrected chi connectivity index (χ2v) is 7.11. The van der Waals surface area contributed by atoms with Crippen molar-refractivity contribution in [2.24, 2.45) is 0 Å². The minimum Gasteiger partial charge on any atom is -0.462 e. The highest BCUT2D eigenvalue weighted by Crippen LogP contribution is 2.34. The highest BCUT2D eigenvalue weighted by Gasteiger charge is 2.25. The fourth-order valence-corrected chi connectivity index (χ4v) is 4.09. The van der Waals surface area contributed by atoms with Crippen molar-refractivity contribution in [2.45, 2.75) is 27.3 Å². The van der Waals surface area contributed by atoms with Gasteiger partial charge in [-0.15, -0.1) is 11.3 Å². The molecule has 1 N–H and O–H groups in total. The number of para-hydroxylation sites is 1. The fraction of sp³-hybridized carbons (Fsp3) is 0.250. The topological polar surface area (TPSA) is 77.4 Å². The molecule has 0 saturated carbocycles. The Labute approximate surface area is 160 Å². The first-order chi connectivity index (χ1) is 12.9. The van der Waals surface area contributed by atoms with E-state index >= 15 is 0 Å². The maximum Gasteiger partial charge on any atom is 0.341 e. The van der Waals surface area contributed by atoms with Crippen molar-refractivity contribution in [2.75, 3.05) is 11.9 Å². The number of ketones is 1. The summed E-state index contributed by atoms with van der Waals surface area (Å²) >= 11 is 1.10. The molecule has 0 aliphatic heterocycles. The van der Waals surface area contributed by atoms with Crippen LogP contribution in [0.2, 0.25) is 0 Å². The van der Waals surface area contributed by atoms with Gasteiger partial charge in [-0.2, -0.15) is 0 Å². The van der Waals surface area contributed by atoms with Crippen molar-refractivity contribution in [1.29, 1.82) is 0 Å². The smallest absolute Gasteiger partial charge is 0.341 e. The predicted molar refractivity (Wildman–Crippen MR) is 106 cm³/mol.